The topological polar surface area (TPSA) is 39.9 Å². The van der Waals surface area contributed by atoms with Crippen molar-refractivity contribution in [1.29, 1.82) is 0 Å². The first-order chi connectivity index (χ1) is 7.74. The van der Waals surface area contributed by atoms with Crippen molar-refractivity contribution < 1.29 is 4.74 Å². The Morgan fingerprint density at radius 3 is 2.44 bits per heavy atom. The molecule has 0 aliphatic rings. The van der Waals surface area contributed by atoms with Crippen molar-refractivity contribution >= 4 is 0 Å². The molecule has 1 aromatic carbocycles. The van der Waals surface area contributed by atoms with E-state index in [-0.39, 0.29) is 0 Å². The average Bonchev–Trinajstić information content (AvgIpc) is 2.81. The highest BCUT2D eigenvalue weighted by Gasteiger charge is 2.12. The first kappa shape index (κ1) is 10.7. The number of rotatable bonds is 3. The Kier molecular flexibility index (Phi) is 2.90. The van der Waals surface area contributed by atoms with E-state index in [0.717, 1.165) is 11.4 Å². The van der Waals surface area contributed by atoms with Crippen LogP contribution in [0.3, 0.4) is 0 Å². The van der Waals surface area contributed by atoms with Crippen LogP contribution in [0.2, 0.25) is 0 Å². The highest BCUT2D eigenvalue weighted by Crippen LogP contribution is 2.31. The molecule has 1 heterocycles. The SMILES string of the molecule is COc1c(C(C)C)cccc1-n1cnnc1. The Labute approximate surface area is 94.9 Å². The minimum atomic E-state index is 0.423. The van der Waals surface area contributed by atoms with Crippen LogP contribution < -0.4 is 4.74 Å². The van der Waals surface area contributed by atoms with Crippen molar-refractivity contribution in [1.82, 2.24) is 14.8 Å². The van der Waals surface area contributed by atoms with E-state index in [9.17, 15) is 0 Å². The smallest absolute Gasteiger partial charge is 0.146 e. The predicted molar refractivity (Wildman–Crippen MR) is 62.0 cm³/mol. The fourth-order valence-corrected chi connectivity index (χ4v) is 1.75. The summed E-state index contributed by atoms with van der Waals surface area (Å²) < 4.78 is 7.34. The van der Waals surface area contributed by atoms with Gasteiger partial charge in [-0.15, -0.1) is 10.2 Å². The third-order valence-corrected chi connectivity index (χ3v) is 2.55. The van der Waals surface area contributed by atoms with Crippen molar-refractivity contribution in [2.45, 2.75) is 19.8 Å². The minimum absolute atomic E-state index is 0.423. The molecule has 2 rings (SSSR count). The first-order valence-electron chi connectivity index (χ1n) is 5.26. The quantitative estimate of drug-likeness (QED) is 0.792. The highest BCUT2D eigenvalue weighted by molar-refractivity contribution is 5.52. The van der Waals surface area contributed by atoms with Crippen molar-refractivity contribution in [3.05, 3.63) is 36.4 Å². The summed E-state index contributed by atoms with van der Waals surface area (Å²) in [6.07, 6.45) is 3.34. The molecule has 0 atom stereocenters. The van der Waals surface area contributed by atoms with Crippen LogP contribution in [0.15, 0.2) is 30.9 Å². The van der Waals surface area contributed by atoms with Crippen molar-refractivity contribution in [3.63, 3.8) is 0 Å². The number of methoxy groups -OCH3 is 1. The van der Waals surface area contributed by atoms with E-state index in [0.29, 0.717) is 5.92 Å². The average molecular weight is 217 g/mol. The summed E-state index contributed by atoms with van der Waals surface area (Å²) in [4.78, 5) is 0. The fraction of sp³-hybridized carbons (Fsp3) is 0.333. The lowest BCUT2D eigenvalue weighted by Gasteiger charge is -2.15. The fourth-order valence-electron chi connectivity index (χ4n) is 1.75. The zero-order valence-electron chi connectivity index (χ0n) is 9.71. The number of hydrogen-bond acceptors (Lipinski definition) is 3. The summed E-state index contributed by atoms with van der Waals surface area (Å²) in [5.41, 5.74) is 2.16. The van der Waals surface area contributed by atoms with Gasteiger partial charge in [0.25, 0.3) is 0 Å². The number of ether oxygens (including phenoxy) is 1. The molecule has 0 radical (unpaired) electrons. The van der Waals surface area contributed by atoms with Crippen LogP contribution in [0, 0.1) is 0 Å². The van der Waals surface area contributed by atoms with Crippen molar-refractivity contribution in [3.8, 4) is 11.4 Å². The van der Waals surface area contributed by atoms with Crippen LogP contribution in [0.25, 0.3) is 5.69 Å². The molecule has 84 valence electrons. The molecule has 4 nitrogen and oxygen atoms in total. The molecule has 4 heteroatoms. The Balaban J connectivity index is 2.58. The maximum atomic E-state index is 5.49. The number of nitrogens with zero attached hydrogens (tertiary/aromatic N) is 3. The van der Waals surface area contributed by atoms with Crippen LogP contribution in [0.1, 0.15) is 25.3 Å². The lowest BCUT2D eigenvalue weighted by Crippen LogP contribution is -2.00. The lowest BCUT2D eigenvalue weighted by molar-refractivity contribution is 0.405. The molecule has 16 heavy (non-hydrogen) atoms. The molecule has 0 N–H and O–H groups in total. The van der Waals surface area contributed by atoms with E-state index < -0.39 is 0 Å². The van der Waals surface area contributed by atoms with Gasteiger partial charge in [0.1, 0.15) is 18.4 Å². The van der Waals surface area contributed by atoms with Gasteiger partial charge in [-0.1, -0.05) is 26.0 Å². The third-order valence-electron chi connectivity index (χ3n) is 2.55. The van der Waals surface area contributed by atoms with E-state index >= 15 is 0 Å². The Morgan fingerprint density at radius 2 is 1.88 bits per heavy atom. The summed E-state index contributed by atoms with van der Waals surface area (Å²) in [5, 5.41) is 7.61. The summed E-state index contributed by atoms with van der Waals surface area (Å²) in [7, 11) is 1.69. The zero-order chi connectivity index (χ0) is 11.5. The van der Waals surface area contributed by atoms with Gasteiger partial charge in [-0.3, -0.25) is 4.57 Å². The molecule has 1 aromatic heterocycles. The van der Waals surface area contributed by atoms with E-state index in [2.05, 4.69) is 30.1 Å². The second-order valence-corrected chi connectivity index (χ2v) is 3.92. The molecule has 0 saturated heterocycles. The second kappa shape index (κ2) is 4.35. The van der Waals surface area contributed by atoms with Crippen molar-refractivity contribution in [2.24, 2.45) is 0 Å². The van der Waals surface area contributed by atoms with Gasteiger partial charge in [0.05, 0.1) is 12.8 Å². The molecule has 0 aliphatic heterocycles. The van der Waals surface area contributed by atoms with Gasteiger partial charge < -0.3 is 4.74 Å². The molecular weight excluding hydrogens is 202 g/mol. The van der Waals surface area contributed by atoms with Gasteiger partial charge in [0.2, 0.25) is 0 Å². The van der Waals surface area contributed by atoms with E-state index in [1.54, 1.807) is 19.8 Å². The molecule has 2 aromatic rings. The predicted octanol–water partition coefficient (Wildman–Crippen LogP) is 2.40. The van der Waals surface area contributed by atoms with Crippen LogP contribution in [0.4, 0.5) is 0 Å². The first-order valence-corrected chi connectivity index (χ1v) is 5.26. The number of hydrogen-bond donors (Lipinski definition) is 0. The molecule has 0 saturated carbocycles. The number of aromatic nitrogens is 3. The Morgan fingerprint density at radius 1 is 1.19 bits per heavy atom. The van der Waals surface area contributed by atoms with E-state index in [1.165, 1.54) is 5.56 Å². The standard InChI is InChI=1S/C12H15N3O/c1-9(2)10-5-4-6-11(12(10)16-3)15-7-13-14-8-15/h4-9H,1-3H3. The van der Waals surface area contributed by atoms with Crippen molar-refractivity contribution in [2.75, 3.05) is 7.11 Å². The molecule has 0 unspecified atom stereocenters. The summed E-state index contributed by atoms with van der Waals surface area (Å²) in [6.45, 7) is 4.29. The number of benzene rings is 1. The van der Waals surface area contributed by atoms with Gasteiger partial charge in [-0.2, -0.15) is 0 Å². The van der Waals surface area contributed by atoms with Crippen LogP contribution in [-0.4, -0.2) is 21.9 Å². The third kappa shape index (κ3) is 1.78. The van der Waals surface area contributed by atoms with Gasteiger partial charge >= 0.3 is 0 Å². The van der Waals surface area contributed by atoms with Gasteiger partial charge in [-0.05, 0) is 17.5 Å². The summed E-state index contributed by atoms with van der Waals surface area (Å²) >= 11 is 0. The van der Waals surface area contributed by atoms with Gasteiger partial charge in [0.15, 0.2) is 0 Å². The second-order valence-electron chi connectivity index (χ2n) is 3.92. The van der Waals surface area contributed by atoms with E-state index in [4.69, 9.17) is 4.74 Å². The molecule has 0 fully saturated rings. The largest absolute Gasteiger partial charge is 0.494 e. The maximum Gasteiger partial charge on any atom is 0.146 e. The lowest BCUT2D eigenvalue weighted by atomic mass is 10.0. The minimum Gasteiger partial charge on any atom is -0.494 e. The zero-order valence-corrected chi connectivity index (χ0v) is 9.71. The molecule has 0 amide bonds. The van der Waals surface area contributed by atoms with Gasteiger partial charge in [0, 0.05) is 0 Å². The van der Waals surface area contributed by atoms with Gasteiger partial charge in [-0.25, -0.2) is 0 Å². The Hall–Kier alpha value is -1.84. The molecular formula is C12H15N3O. The Bertz CT molecular complexity index is 463. The van der Waals surface area contributed by atoms with Crippen LogP contribution in [-0.2, 0) is 0 Å². The van der Waals surface area contributed by atoms with E-state index in [1.807, 2.05) is 16.7 Å². The molecule has 0 aliphatic carbocycles. The normalized spacial score (nSPS) is 10.8. The van der Waals surface area contributed by atoms with Crippen LogP contribution in [0.5, 0.6) is 5.75 Å². The summed E-state index contributed by atoms with van der Waals surface area (Å²) in [5.74, 6) is 1.31. The number of para-hydroxylation sites is 1. The summed E-state index contributed by atoms with van der Waals surface area (Å²) in [6, 6.07) is 6.10. The van der Waals surface area contributed by atoms with Crippen LogP contribution >= 0.6 is 0 Å². The monoisotopic (exact) mass is 217 g/mol. The highest BCUT2D eigenvalue weighted by atomic mass is 16.5. The molecule has 0 spiro atoms. The maximum absolute atomic E-state index is 5.49. The molecule has 0 bridgehead atoms.